The summed E-state index contributed by atoms with van der Waals surface area (Å²) in [5.41, 5.74) is 0. The fraction of sp³-hybridized carbons (Fsp3) is 0.750. The van der Waals surface area contributed by atoms with E-state index in [0.717, 1.165) is 0 Å². The number of amides is 1. The Balaban J connectivity index is 3.35. The molecule has 0 aliphatic heterocycles. The molecule has 0 aromatic carbocycles. The second-order valence-electron chi connectivity index (χ2n) is 1.36. The van der Waals surface area contributed by atoms with Gasteiger partial charge in [0, 0.05) is 14.1 Å². The van der Waals surface area contributed by atoms with Crippen LogP contribution in [-0.4, -0.2) is 30.5 Å². The predicted molar refractivity (Wildman–Crippen MR) is 32.6 cm³/mol. The first-order chi connectivity index (χ1) is 3.18. The Hall–Kier alpha value is -0.180. The van der Waals surface area contributed by atoms with Crippen molar-refractivity contribution in [2.24, 2.45) is 0 Å². The van der Waals surface area contributed by atoms with Crippen molar-refractivity contribution in [1.29, 1.82) is 0 Å². The van der Waals surface area contributed by atoms with E-state index in [0.29, 0.717) is 0 Å². The van der Waals surface area contributed by atoms with Gasteiger partial charge in [-0.15, -0.1) is 0 Å². The molecule has 0 saturated carbocycles. The SMILES string of the molecule is CSC(=O)N(C)C. The highest BCUT2D eigenvalue weighted by Crippen LogP contribution is 1.97. The molecule has 0 heterocycles. The number of rotatable bonds is 0. The molecule has 7 heavy (non-hydrogen) atoms. The number of nitrogens with zero attached hydrogens (tertiary/aromatic N) is 1. The molecule has 0 atom stereocenters. The van der Waals surface area contributed by atoms with Gasteiger partial charge in [-0.1, -0.05) is 11.8 Å². The van der Waals surface area contributed by atoms with E-state index in [2.05, 4.69) is 0 Å². The molecule has 0 unspecified atom stereocenters. The van der Waals surface area contributed by atoms with Gasteiger partial charge in [-0.3, -0.25) is 4.79 Å². The first-order valence-corrected chi connectivity index (χ1v) is 3.16. The lowest BCUT2D eigenvalue weighted by atomic mass is 11.0. The van der Waals surface area contributed by atoms with Crippen LogP contribution in [0.15, 0.2) is 0 Å². The second-order valence-corrected chi connectivity index (χ2v) is 2.12. The molecule has 0 spiro atoms. The first-order valence-electron chi connectivity index (χ1n) is 1.93. The number of carbonyl (C=O) groups is 1. The molecule has 0 bridgehead atoms. The minimum Gasteiger partial charge on any atom is -0.340 e. The number of hydrogen-bond acceptors (Lipinski definition) is 2. The van der Waals surface area contributed by atoms with E-state index >= 15 is 0 Å². The third kappa shape index (κ3) is 2.51. The lowest BCUT2D eigenvalue weighted by Crippen LogP contribution is -2.15. The van der Waals surface area contributed by atoms with E-state index in [9.17, 15) is 4.79 Å². The van der Waals surface area contributed by atoms with Gasteiger partial charge in [0.15, 0.2) is 0 Å². The fourth-order valence-corrected chi connectivity index (χ4v) is 0.548. The van der Waals surface area contributed by atoms with Crippen molar-refractivity contribution in [3.05, 3.63) is 0 Å². The highest BCUT2D eigenvalue weighted by atomic mass is 32.2. The monoisotopic (exact) mass is 119 g/mol. The summed E-state index contributed by atoms with van der Waals surface area (Å²) in [6.45, 7) is 0. The number of thioether (sulfide) groups is 1. The molecule has 0 saturated heterocycles. The third-order valence-electron chi connectivity index (χ3n) is 0.540. The van der Waals surface area contributed by atoms with Crippen molar-refractivity contribution in [3.63, 3.8) is 0 Å². The molecule has 0 N–H and O–H groups in total. The van der Waals surface area contributed by atoms with E-state index in [1.807, 2.05) is 0 Å². The Morgan fingerprint density at radius 2 is 2.00 bits per heavy atom. The van der Waals surface area contributed by atoms with Crippen LogP contribution < -0.4 is 0 Å². The molecule has 0 aliphatic carbocycles. The van der Waals surface area contributed by atoms with Crippen molar-refractivity contribution in [3.8, 4) is 0 Å². The summed E-state index contributed by atoms with van der Waals surface area (Å²) in [4.78, 5) is 11.9. The minimum absolute atomic E-state index is 0.0972. The molecule has 0 aromatic heterocycles. The maximum absolute atomic E-state index is 10.4. The standard InChI is InChI=1S/C4H9NOS/c1-5(2)4(6)7-3/h1-3H3. The van der Waals surface area contributed by atoms with Crippen LogP contribution in [0.4, 0.5) is 4.79 Å². The highest BCUT2D eigenvalue weighted by molar-refractivity contribution is 8.12. The summed E-state index contributed by atoms with van der Waals surface area (Å²) in [6, 6.07) is 0. The summed E-state index contributed by atoms with van der Waals surface area (Å²) in [7, 11) is 3.47. The van der Waals surface area contributed by atoms with Crippen LogP contribution in [0.25, 0.3) is 0 Å². The van der Waals surface area contributed by atoms with Gasteiger partial charge in [-0.05, 0) is 6.26 Å². The lowest BCUT2D eigenvalue weighted by Gasteiger charge is -2.04. The molecule has 1 amide bonds. The number of hydrogen-bond donors (Lipinski definition) is 0. The van der Waals surface area contributed by atoms with Crippen molar-refractivity contribution in [2.45, 2.75) is 0 Å². The molecular formula is C4H9NOS. The van der Waals surface area contributed by atoms with Crippen molar-refractivity contribution >= 4 is 17.0 Å². The Morgan fingerprint density at radius 1 is 1.57 bits per heavy atom. The van der Waals surface area contributed by atoms with Gasteiger partial charge in [0.1, 0.15) is 0 Å². The summed E-state index contributed by atoms with van der Waals surface area (Å²) >= 11 is 1.22. The molecule has 0 radical (unpaired) electrons. The van der Waals surface area contributed by atoms with Gasteiger partial charge in [0.05, 0.1) is 0 Å². The average molecular weight is 119 g/mol. The van der Waals surface area contributed by atoms with E-state index in [4.69, 9.17) is 0 Å². The van der Waals surface area contributed by atoms with Crippen molar-refractivity contribution < 1.29 is 4.79 Å². The predicted octanol–water partition coefficient (Wildman–Crippen LogP) is 1.03. The molecule has 42 valence electrons. The summed E-state index contributed by atoms with van der Waals surface area (Å²) in [6.07, 6.45) is 1.77. The largest absolute Gasteiger partial charge is 0.340 e. The summed E-state index contributed by atoms with van der Waals surface area (Å²) < 4.78 is 0. The van der Waals surface area contributed by atoms with Crippen LogP contribution in [0, 0.1) is 0 Å². The lowest BCUT2D eigenvalue weighted by molar-refractivity contribution is 0.241. The van der Waals surface area contributed by atoms with Crippen LogP contribution in [0.3, 0.4) is 0 Å². The van der Waals surface area contributed by atoms with E-state index in [1.54, 1.807) is 25.3 Å². The van der Waals surface area contributed by atoms with Gasteiger partial charge in [0.25, 0.3) is 5.24 Å². The van der Waals surface area contributed by atoms with Crippen LogP contribution in [0.1, 0.15) is 0 Å². The van der Waals surface area contributed by atoms with Gasteiger partial charge in [0.2, 0.25) is 0 Å². The van der Waals surface area contributed by atoms with Crippen LogP contribution in [0.5, 0.6) is 0 Å². The van der Waals surface area contributed by atoms with E-state index < -0.39 is 0 Å². The molecule has 3 heteroatoms. The Morgan fingerprint density at radius 3 is 2.00 bits per heavy atom. The van der Waals surface area contributed by atoms with Crippen molar-refractivity contribution in [1.82, 2.24) is 4.90 Å². The summed E-state index contributed by atoms with van der Waals surface area (Å²) in [5, 5.41) is 0.0972. The minimum atomic E-state index is 0.0972. The summed E-state index contributed by atoms with van der Waals surface area (Å²) in [5.74, 6) is 0. The zero-order valence-electron chi connectivity index (χ0n) is 4.76. The Kier molecular flexibility index (Phi) is 2.83. The van der Waals surface area contributed by atoms with E-state index in [-0.39, 0.29) is 5.24 Å². The maximum Gasteiger partial charge on any atom is 0.280 e. The Bertz CT molecular complexity index is 72.1. The molecule has 2 nitrogen and oxygen atoms in total. The van der Waals surface area contributed by atoms with E-state index in [1.165, 1.54) is 11.8 Å². The third-order valence-corrected chi connectivity index (χ3v) is 1.25. The molecular weight excluding hydrogens is 110 g/mol. The zero-order chi connectivity index (χ0) is 5.86. The first kappa shape index (κ1) is 6.82. The molecule has 0 aromatic rings. The highest BCUT2D eigenvalue weighted by Gasteiger charge is 1.96. The van der Waals surface area contributed by atoms with Gasteiger partial charge in [-0.25, -0.2) is 0 Å². The van der Waals surface area contributed by atoms with Gasteiger partial charge >= 0.3 is 0 Å². The smallest absolute Gasteiger partial charge is 0.280 e. The quantitative estimate of drug-likeness (QED) is 0.474. The maximum atomic E-state index is 10.4. The molecule has 0 aliphatic rings. The molecule has 0 rings (SSSR count). The van der Waals surface area contributed by atoms with Gasteiger partial charge in [-0.2, -0.15) is 0 Å². The topological polar surface area (TPSA) is 20.3 Å². The molecule has 0 fully saturated rings. The fourth-order valence-electron chi connectivity index (χ4n) is 0.183. The Labute approximate surface area is 47.9 Å². The average Bonchev–Trinajstić information content (AvgIpc) is 1.65. The van der Waals surface area contributed by atoms with Crippen LogP contribution in [0.2, 0.25) is 0 Å². The van der Waals surface area contributed by atoms with Crippen LogP contribution in [-0.2, 0) is 0 Å². The van der Waals surface area contributed by atoms with Crippen molar-refractivity contribution in [2.75, 3.05) is 20.4 Å². The number of carbonyl (C=O) groups excluding carboxylic acids is 1. The second kappa shape index (κ2) is 2.91. The normalized spacial score (nSPS) is 8.43. The zero-order valence-corrected chi connectivity index (χ0v) is 5.58. The van der Waals surface area contributed by atoms with Gasteiger partial charge < -0.3 is 4.90 Å². The van der Waals surface area contributed by atoms with Crippen LogP contribution >= 0.6 is 11.8 Å².